The lowest BCUT2D eigenvalue weighted by Crippen LogP contribution is -2.43. The molecule has 4 heterocycles. The molecule has 2 N–H and O–H groups in total. The number of carbonyl (C=O) groups is 1. The third-order valence-corrected chi connectivity index (χ3v) is 6.90. The minimum atomic E-state index is -0.300. The molecule has 0 radical (unpaired) electrons. The minimum absolute atomic E-state index is 0. The van der Waals surface area contributed by atoms with E-state index in [1.807, 2.05) is 48.5 Å². The largest absolute Gasteiger partial charge is 0.320 e. The van der Waals surface area contributed by atoms with Gasteiger partial charge >= 0.3 is 0 Å². The predicted octanol–water partition coefficient (Wildman–Crippen LogP) is 4.30. The van der Waals surface area contributed by atoms with Gasteiger partial charge < -0.3 is 10.6 Å². The summed E-state index contributed by atoms with van der Waals surface area (Å²) in [6.45, 7) is 5.04. The molecule has 1 saturated heterocycles. The molecule has 8 nitrogen and oxygen atoms in total. The van der Waals surface area contributed by atoms with Crippen LogP contribution in [0.5, 0.6) is 0 Å². The molecule has 2 aromatic carbocycles. The number of nitrogens with zero attached hydrogens (tertiary/aromatic N) is 5. The molecular weight excluding hydrogens is 458 g/mol. The standard InChI is InChI=1S/C25H23N7OS.CH4/c33-24(22-13-27-20-7-3-4-8-21(20)28-22)29-19-6-2-1-5-18(19)23-15-32-17(16-34-25(32)30-23)14-31-11-9-26-10-12-31;/h1-8,13,15-16,26H,9-12,14H2,(H,29,33);1H4. The number of aromatic nitrogens is 4. The summed E-state index contributed by atoms with van der Waals surface area (Å²) < 4.78 is 2.16. The first-order chi connectivity index (χ1) is 16.7. The van der Waals surface area contributed by atoms with E-state index in [0.717, 1.165) is 54.5 Å². The van der Waals surface area contributed by atoms with E-state index in [4.69, 9.17) is 4.98 Å². The quantitative estimate of drug-likeness (QED) is 0.386. The average molecular weight is 486 g/mol. The smallest absolute Gasteiger partial charge is 0.275 e. The van der Waals surface area contributed by atoms with Crippen LogP contribution in [-0.4, -0.2) is 56.3 Å². The van der Waals surface area contributed by atoms with Crippen LogP contribution in [0.3, 0.4) is 0 Å². The Bertz CT molecular complexity index is 1490. The zero-order chi connectivity index (χ0) is 22.9. The molecule has 0 aliphatic carbocycles. The molecule has 1 fully saturated rings. The molecule has 0 unspecified atom stereocenters. The zero-order valence-corrected chi connectivity index (χ0v) is 19.3. The predicted molar refractivity (Wildman–Crippen MR) is 141 cm³/mol. The van der Waals surface area contributed by atoms with Gasteiger partial charge in [0.2, 0.25) is 0 Å². The highest BCUT2D eigenvalue weighted by Gasteiger charge is 2.17. The number of para-hydroxylation sites is 3. The Labute approximate surface area is 207 Å². The van der Waals surface area contributed by atoms with Crippen molar-refractivity contribution in [3.63, 3.8) is 0 Å². The highest BCUT2D eigenvalue weighted by Crippen LogP contribution is 2.30. The topological polar surface area (TPSA) is 87.5 Å². The number of hydrogen-bond acceptors (Lipinski definition) is 7. The Balaban J connectivity index is 0.00000253. The number of carbonyl (C=O) groups excluding carboxylic acids is 1. The lowest BCUT2D eigenvalue weighted by Gasteiger charge is -2.26. The number of piperazine rings is 1. The van der Waals surface area contributed by atoms with Gasteiger partial charge in [-0.05, 0) is 18.2 Å². The van der Waals surface area contributed by atoms with Crippen LogP contribution in [0.4, 0.5) is 5.69 Å². The summed E-state index contributed by atoms with van der Waals surface area (Å²) in [4.78, 5) is 30.1. The molecule has 0 bridgehead atoms. The van der Waals surface area contributed by atoms with Crippen molar-refractivity contribution >= 4 is 38.9 Å². The summed E-state index contributed by atoms with van der Waals surface area (Å²) in [5, 5.41) is 8.58. The molecule has 35 heavy (non-hydrogen) atoms. The maximum Gasteiger partial charge on any atom is 0.275 e. The molecule has 1 aliphatic heterocycles. The van der Waals surface area contributed by atoms with E-state index < -0.39 is 0 Å². The fraction of sp³-hybridized carbons (Fsp3) is 0.231. The zero-order valence-electron chi connectivity index (χ0n) is 18.4. The van der Waals surface area contributed by atoms with Gasteiger partial charge in [-0.2, -0.15) is 0 Å². The van der Waals surface area contributed by atoms with Crippen LogP contribution in [0.15, 0.2) is 66.3 Å². The third-order valence-electron chi connectivity index (χ3n) is 6.01. The Morgan fingerprint density at radius 2 is 1.80 bits per heavy atom. The van der Waals surface area contributed by atoms with Gasteiger partial charge in [-0.25, -0.2) is 9.97 Å². The molecule has 3 aromatic heterocycles. The Kier molecular flexibility index (Phi) is 6.54. The van der Waals surface area contributed by atoms with Crippen molar-refractivity contribution in [2.75, 3.05) is 31.5 Å². The van der Waals surface area contributed by atoms with E-state index in [0.29, 0.717) is 11.2 Å². The molecule has 5 aromatic rings. The van der Waals surface area contributed by atoms with E-state index in [9.17, 15) is 4.79 Å². The lowest BCUT2D eigenvalue weighted by molar-refractivity contribution is 0.102. The van der Waals surface area contributed by atoms with E-state index in [1.165, 1.54) is 11.9 Å². The minimum Gasteiger partial charge on any atom is -0.320 e. The molecular formula is C26H27N7OS. The van der Waals surface area contributed by atoms with Crippen molar-refractivity contribution in [3.8, 4) is 11.3 Å². The second-order valence-electron chi connectivity index (χ2n) is 8.28. The fourth-order valence-electron chi connectivity index (χ4n) is 4.24. The van der Waals surface area contributed by atoms with Gasteiger partial charge in [0.05, 0.1) is 28.6 Å². The van der Waals surface area contributed by atoms with Crippen LogP contribution >= 0.6 is 11.3 Å². The normalized spacial score (nSPS) is 14.2. The Morgan fingerprint density at radius 1 is 1.03 bits per heavy atom. The number of nitrogens with one attached hydrogen (secondary N) is 2. The van der Waals surface area contributed by atoms with Crippen LogP contribution in [0.2, 0.25) is 0 Å². The summed E-state index contributed by atoms with van der Waals surface area (Å²) in [5.74, 6) is -0.300. The van der Waals surface area contributed by atoms with Crippen molar-refractivity contribution in [3.05, 3.63) is 77.7 Å². The van der Waals surface area contributed by atoms with Gasteiger partial charge in [0, 0.05) is 55.6 Å². The van der Waals surface area contributed by atoms with Crippen molar-refractivity contribution in [2.24, 2.45) is 0 Å². The molecule has 1 amide bonds. The van der Waals surface area contributed by atoms with Crippen molar-refractivity contribution in [2.45, 2.75) is 14.0 Å². The number of rotatable bonds is 5. The SMILES string of the molecule is C.O=C(Nc1ccccc1-c1cn2c(CN3CCNCC3)csc2n1)c1cnc2ccccc2n1. The molecule has 178 valence electrons. The van der Waals surface area contributed by atoms with Crippen molar-refractivity contribution in [1.82, 2.24) is 29.6 Å². The number of anilines is 1. The summed E-state index contributed by atoms with van der Waals surface area (Å²) in [6, 6.07) is 15.2. The van der Waals surface area contributed by atoms with E-state index >= 15 is 0 Å². The van der Waals surface area contributed by atoms with Gasteiger partial charge in [0.1, 0.15) is 5.69 Å². The first-order valence-electron chi connectivity index (χ1n) is 11.3. The summed E-state index contributed by atoms with van der Waals surface area (Å²) in [6.07, 6.45) is 3.57. The maximum absolute atomic E-state index is 13.0. The molecule has 9 heteroatoms. The van der Waals surface area contributed by atoms with Crippen molar-refractivity contribution < 1.29 is 4.79 Å². The van der Waals surface area contributed by atoms with E-state index in [-0.39, 0.29) is 19.0 Å². The van der Waals surface area contributed by atoms with Gasteiger partial charge in [-0.1, -0.05) is 37.8 Å². The number of benzene rings is 2. The van der Waals surface area contributed by atoms with Crippen LogP contribution in [0.25, 0.3) is 27.3 Å². The Morgan fingerprint density at radius 3 is 2.66 bits per heavy atom. The number of hydrogen-bond donors (Lipinski definition) is 2. The van der Waals surface area contributed by atoms with Crippen LogP contribution in [0.1, 0.15) is 23.6 Å². The van der Waals surface area contributed by atoms with Gasteiger partial charge in [0.25, 0.3) is 5.91 Å². The third kappa shape index (κ3) is 4.66. The van der Waals surface area contributed by atoms with Gasteiger partial charge in [-0.3, -0.25) is 19.1 Å². The first kappa shape index (κ1) is 23.1. The Hall–Kier alpha value is -3.66. The molecule has 0 spiro atoms. The number of imidazole rings is 1. The monoisotopic (exact) mass is 485 g/mol. The lowest BCUT2D eigenvalue weighted by atomic mass is 10.1. The summed E-state index contributed by atoms with van der Waals surface area (Å²) in [5.41, 5.74) is 5.34. The van der Waals surface area contributed by atoms with E-state index in [1.54, 1.807) is 11.3 Å². The maximum atomic E-state index is 13.0. The van der Waals surface area contributed by atoms with Crippen LogP contribution < -0.4 is 10.6 Å². The van der Waals surface area contributed by atoms with Crippen molar-refractivity contribution in [1.29, 1.82) is 0 Å². The number of thiazole rings is 1. The highest BCUT2D eigenvalue weighted by molar-refractivity contribution is 7.15. The fourth-order valence-corrected chi connectivity index (χ4v) is 5.10. The highest BCUT2D eigenvalue weighted by atomic mass is 32.1. The van der Waals surface area contributed by atoms with Crippen LogP contribution in [0, 0.1) is 0 Å². The van der Waals surface area contributed by atoms with Crippen LogP contribution in [-0.2, 0) is 6.54 Å². The molecule has 0 atom stereocenters. The second-order valence-corrected chi connectivity index (χ2v) is 9.11. The van der Waals surface area contributed by atoms with E-state index in [2.05, 4.69) is 41.5 Å². The molecule has 6 rings (SSSR count). The second kappa shape index (κ2) is 9.91. The first-order valence-corrected chi connectivity index (χ1v) is 12.1. The van der Waals surface area contributed by atoms with Gasteiger partial charge in [-0.15, -0.1) is 11.3 Å². The average Bonchev–Trinajstić information content (AvgIpc) is 3.46. The number of fused-ring (bicyclic) bond motifs is 2. The summed E-state index contributed by atoms with van der Waals surface area (Å²) in [7, 11) is 0. The number of amides is 1. The molecule has 0 saturated carbocycles. The van der Waals surface area contributed by atoms with Gasteiger partial charge in [0.15, 0.2) is 4.96 Å². The molecule has 1 aliphatic rings. The summed E-state index contributed by atoms with van der Waals surface area (Å²) >= 11 is 1.64.